The van der Waals surface area contributed by atoms with Crippen LogP contribution in [0.1, 0.15) is 17.0 Å². The molecule has 2 aromatic rings. The maximum Gasteiger partial charge on any atom is 0.255 e. The molecule has 0 unspecified atom stereocenters. The number of anilines is 1. The Bertz CT molecular complexity index is 1100. The van der Waals surface area contributed by atoms with Crippen LogP contribution < -0.4 is 11.1 Å². The van der Waals surface area contributed by atoms with Crippen LogP contribution >= 0.6 is 11.8 Å². The number of benzene rings is 2. The second-order valence-corrected chi connectivity index (χ2v) is 7.78. The number of carbonyl (C=O) groups excluding carboxylic acids is 2. The lowest BCUT2D eigenvalue weighted by molar-refractivity contribution is -0.124. The number of hydrogen-bond acceptors (Lipinski definition) is 5. The molecule has 144 valence electrons. The van der Waals surface area contributed by atoms with Crippen molar-refractivity contribution in [2.24, 2.45) is 5.73 Å². The first-order chi connectivity index (χ1) is 14.0. The molecule has 2 amide bonds. The van der Waals surface area contributed by atoms with Gasteiger partial charge in [-0.25, -0.2) is 0 Å². The van der Waals surface area contributed by atoms with Crippen molar-refractivity contribution < 1.29 is 9.59 Å². The fraction of sp³-hybridized carbons (Fsp3) is 0.136. The van der Waals surface area contributed by atoms with E-state index in [-0.39, 0.29) is 29.0 Å². The number of para-hydroxylation sites is 1. The summed E-state index contributed by atoms with van der Waals surface area (Å²) in [6, 6.07) is 18.8. The van der Waals surface area contributed by atoms with E-state index >= 15 is 0 Å². The highest BCUT2D eigenvalue weighted by Crippen LogP contribution is 2.47. The first kappa shape index (κ1) is 18.8. The van der Waals surface area contributed by atoms with Gasteiger partial charge in [-0.05, 0) is 24.6 Å². The molecule has 7 heteroatoms. The van der Waals surface area contributed by atoms with Crippen LogP contribution in [-0.2, 0) is 9.59 Å². The summed E-state index contributed by atoms with van der Waals surface area (Å²) in [5.41, 5.74) is 9.26. The summed E-state index contributed by atoms with van der Waals surface area (Å²) in [5.74, 6) is -0.961. The number of rotatable bonds is 3. The average Bonchev–Trinajstić information content (AvgIpc) is 3.11. The van der Waals surface area contributed by atoms with Gasteiger partial charge in [0.05, 0.1) is 33.9 Å². The molecule has 4 rings (SSSR count). The third-order valence-corrected chi connectivity index (χ3v) is 5.98. The molecule has 0 aromatic heterocycles. The van der Waals surface area contributed by atoms with Gasteiger partial charge in [-0.15, -0.1) is 0 Å². The van der Waals surface area contributed by atoms with E-state index in [0.717, 1.165) is 11.1 Å². The van der Waals surface area contributed by atoms with Gasteiger partial charge in [0.2, 0.25) is 5.91 Å². The molecular weight excluding hydrogens is 384 g/mol. The normalized spacial score (nSPS) is 18.6. The minimum absolute atomic E-state index is 0.0966. The van der Waals surface area contributed by atoms with Crippen LogP contribution in [0.5, 0.6) is 0 Å². The second-order valence-electron chi connectivity index (χ2n) is 6.81. The predicted octanol–water partition coefficient (Wildman–Crippen LogP) is 3.21. The zero-order valence-corrected chi connectivity index (χ0v) is 16.5. The number of nitrogens with zero attached hydrogens (tertiary/aromatic N) is 2. The molecule has 2 heterocycles. The Morgan fingerprint density at radius 3 is 2.55 bits per heavy atom. The van der Waals surface area contributed by atoms with E-state index in [0.29, 0.717) is 16.3 Å². The van der Waals surface area contributed by atoms with Gasteiger partial charge >= 0.3 is 0 Å². The Labute approximate surface area is 172 Å². The smallest absolute Gasteiger partial charge is 0.255 e. The highest BCUT2D eigenvalue weighted by Gasteiger charge is 2.44. The Morgan fingerprint density at radius 2 is 1.90 bits per heavy atom. The molecular formula is C22H18N4O2S. The summed E-state index contributed by atoms with van der Waals surface area (Å²) in [4.78, 5) is 27.1. The van der Waals surface area contributed by atoms with Gasteiger partial charge in [0.25, 0.3) is 5.91 Å². The van der Waals surface area contributed by atoms with Crippen LogP contribution in [0.4, 0.5) is 5.69 Å². The van der Waals surface area contributed by atoms with E-state index in [9.17, 15) is 14.9 Å². The lowest BCUT2D eigenvalue weighted by Gasteiger charge is -2.32. The Hall–Kier alpha value is -3.50. The zero-order valence-electron chi connectivity index (χ0n) is 15.7. The van der Waals surface area contributed by atoms with E-state index in [1.165, 1.54) is 16.7 Å². The Morgan fingerprint density at radius 1 is 1.21 bits per heavy atom. The molecule has 3 N–H and O–H groups in total. The molecule has 0 aliphatic carbocycles. The average molecular weight is 402 g/mol. The SMILES string of the molecule is Cc1ccc([C@H]2C(C#N)=C(N)N3C(=O)CSC3=C2C(=O)Nc2ccccc2)cc1. The van der Waals surface area contributed by atoms with E-state index in [1.807, 2.05) is 49.4 Å². The quantitative estimate of drug-likeness (QED) is 0.821. The van der Waals surface area contributed by atoms with E-state index in [1.54, 1.807) is 12.1 Å². The van der Waals surface area contributed by atoms with Crippen molar-refractivity contribution in [2.75, 3.05) is 11.1 Å². The molecule has 0 spiro atoms. The number of nitrogens with one attached hydrogen (secondary N) is 1. The minimum Gasteiger partial charge on any atom is -0.384 e. The molecule has 1 atom stereocenters. The number of fused-ring (bicyclic) bond motifs is 1. The Kier molecular flexibility index (Phi) is 4.87. The van der Waals surface area contributed by atoms with E-state index in [2.05, 4.69) is 11.4 Å². The number of hydrogen-bond donors (Lipinski definition) is 2. The van der Waals surface area contributed by atoms with Crippen molar-refractivity contribution in [1.82, 2.24) is 4.90 Å². The highest BCUT2D eigenvalue weighted by atomic mass is 32.2. The number of allylic oxidation sites excluding steroid dienone is 1. The molecule has 0 saturated carbocycles. The molecule has 0 radical (unpaired) electrons. The molecule has 2 aliphatic heterocycles. The topological polar surface area (TPSA) is 99.2 Å². The number of thioether (sulfide) groups is 1. The highest BCUT2D eigenvalue weighted by molar-refractivity contribution is 8.04. The van der Waals surface area contributed by atoms with Crippen molar-refractivity contribution in [1.29, 1.82) is 5.26 Å². The third kappa shape index (κ3) is 3.28. The summed E-state index contributed by atoms with van der Waals surface area (Å²) < 4.78 is 0. The van der Waals surface area contributed by atoms with Gasteiger partial charge in [0.1, 0.15) is 5.82 Å². The summed E-state index contributed by atoms with van der Waals surface area (Å²) >= 11 is 1.27. The first-order valence-corrected chi connectivity index (χ1v) is 10.0. The molecule has 0 bridgehead atoms. The fourth-order valence-corrected chi connectivity index (χ4v) is 4.60. The third-order valence-electron chi connectivity index (χ3n) is 4.92. The van der Waals surface area contributed by atoms with Crippen molar-refractivity contribution in [2.45, 2.75) is 12.8 Å². The molecule has 2 aromatic carbocycles. The lowest BCUT2D eigenvalue weighted by Crippen LogP contribution is -2.37. The summed E-state index contributed by atoms with van der Waals surface area (Å²) in [6.07, 6.45) is 0. The van der Waals surface area contributed by atoms with Crippen LogP contribution in [0, 0.1) is 18.3 Å². The number of nitriles is 1. The maximum atomic E-state index is 13.3. The van der Waals surface area contributed by atoms with Gasteiger partial charge in [0, 0.05) is 5.69 Å². The Balaban J connectivity index is 1.87. The standard InChI is InChI=1S/C22H18N4O2S/c1-13-7-9-14(10-8-13)18-16(11-23)20(24)26-17(27)12-29-22(26)19(18)21(28)25-15-5-3-2-4-6-15/h2-10,18H,12,24H2,1H3,(H,25,28)/t18-/m0/s1. The van der Waals surface area contributed by atoms with Gasteiger partial charge in [-0.2, -0.15) is 5.26 Å². The van der Waals surface area contributed by atoms with Crippen molar-refractivity contribution in [3.05, 3.63) is 87.7 Å². The maximum absolute atomic E-state index is 13.3. The molecule has 1 saturated heterocycles. The van der Waals surface area contributed by atoms with Gasteiger partial charge < -0.3 is 11.1 Å². The zero-order chi connectivity index (χ0) is 20.5. The van der Waals surface area contributed by atoms with Gasteiger partial charge in [-0.3, -0.25) is 14.5 Å². The number of aryl methyl sites for hydroxylation is 1. The lowest BCUT2D eigenvalue weighted by atomic mass is 9.82. The van der Waals surface area contributed by atoms with Crippen LogP contribution in [0.15, 0.2) is 76.6 Å². The number of nitrogens with two attached hydrogens (primary N) is 1. The largest absolute Gasteiger partial charge is 0.384 e. The first-order valence-electron chi connectivity index (χ1n) is 9.04. The summed E-state index contributed by atoms with van der Waals surface area (Å²) in [7, 11) is 0. The minimum atomic E-state index is -0.644. The number of amides is 2. The fourth-order valence-electron chi connectivity index (χ4n) is 3.51. The van der Waals surface area contributed by atoms with Crippen molar-refractivity contribution in [3.8, 4) is 6.07 Å². The predicted molar refractivity (Wildman–Crippen MR) is 112 cm³/mol. The van der Waals surface area contributed by atoms with Gasteiger partial charge in [0.15, 0.2) is 0 Å². The number of carbonyl (C=O) groups is 2. The van der Waals surface area contributed by atoms with E-state index < -0.39 is 5.92 Å². The monoisotopic (exact) mass is 402 g/mol. The van der Waals surface area contributed by atoms with Crippen molar-refractivity contribution in [3.63, 3.8) is 0 Å². The van der Waals surface area contributed by atoms with Crippen LogP contribution in [-0.4, -0.2) is 22.5 Å². The van der Waals surface area contributed by atoms with E-state index in [4.69, 9.17) is 5.73 Å². The molecule has 6 nitrogen and oxygen atoms in total. The summed E-state index contributed by atoms with van der Waals surface area (Å²) in [5, 5.41) is 13.2. The van der Waals surface area contributed by atoms with Crippen molar-refractivity contribution >= 4 is 29.3 Å². The summed E-state index contributed by atoms with van der Waals surface area (Å²) in [6.45, 7) is 1.97. The molecule has 29 heavy (non-hydrogen) atoms. The molecule has 1 fully saturated rings. The second kappa shape index (κ2) is 7.49. The van der Waals surface area contributed by atoms with Crippen LogP contribution in [0.3, 0.4) is 0 Å². The molecule has 2 aliphatic rings. The van der Waals surface area contributed by atoms with Crippen LogP contribution in [0.25, 0.3) is 0 Å². The van der Waals surface area contributed by atoms with Gasteiger partial charge in [-0.1, -0.05) is 59.8 Å². The van der Waals surface area contributed by atoms with Crippen LogP contribution in [0.2, 0.25) is 0 Å².